The third-order valence-corrected chi connectivity index (χ3v) is 3.49. The quantitative estimate of drug-likeness (QED) is 0.773. The van der Waals surface area contributed by atoms with Gasteiger partial charge in [0.15, 0.2) is 0 Å². The van der Waals surface area contributed by atoms with Crippen LogP contribution in [0.4, 0.5) is 11.5 Å². The molecule has 1 aliphatic rings. The SMILES string of the molecule is C#CC1CC(=O)N(c2ccc(N(CC)CC)nc2)C1. The fourth-order valence-electron chi connectivity index (χ4n) is 2.34. The van der Waals surface area contributed by atoms with Gasteiger partial charge in [0.2, 0.25) is 5.91 Å². The van der Waals surface area contributed by atoms with Crippen LogP contribution in [0.3, 0.4) is 0 Å². The van der Waals surface area contributed by atoms with E-state index in [1.54, 1.807) is 11.1 Å². The van der Waals surface area contributed by atoms with Crippen LogP contribution in [-0.2, 0) is 4.79 Å². The van der Waals surface area contributed by atoms with Gasteiger partial charge in [0.05, 0.1) is 11.9 Å². The molecule has 1 aromatic rings. The zero-order chi connectivity index (χ0) is 13.8. The minimum absolute atomic E-state index is 0.0231. The van der Waals surface area contributed by atoms with E-state index < -0.39 is 0 Å². The zero-order valence-electron chi connectivity index (χ0n) is 11.5. The largest absolute Gasteiger partial charge is 0.357 e. The lowest BCUT2D eigenvalue weighted by Crippen LogP contribution is -2.26. The van der Waals surface area contributed by atoms with E-state index in [1.165, 1.54) is 0 Å². The van der Waals surface area contributed by atoms with Gasteiger partial charge >= 0.3 is 0 Å². The van der Waals surface area contributed by atoms with Crippen molar-refractivity contribution in [3.8, 4) is 12.3 Å². The summed E-state index contributed by atoms with van der Waals surface area (Å²) in [7, 11) is 0. The molecular formula is C15H19N3O. The highest BCUT2D eigenvalue weighted by atomic mass is 16.2. The van der Waals surface area contributed by atoms with Gasteiger partial charge < -0.3 is 9.80 Å². The van der Waals surface area contributed by atoms with Crippen LogP contribution in [-0.4, -0.2) is 30.5 Å². The Morgan fingerprint density at radius 1 is 1.47 bits per heavy atom. The van der Waals surface area contributed by atoms with Crippen molar-refractivity contribution in [3.05, 3.63) is 18.3 Å². The molecule has 1 aromatic heterocycles. The summed E-state index contributed by atoms with van der Waals surface area (Å²) in [6.45, 7) is 6.64. The molecule has 100 valence electrons. The van der Waals surface area contributed by atoms with Crippen LogP contribution in [0.1, 0.15) is 20.3 Å². The topological polar surface area (TPSA) is 36.4 Å². The summed E-state index contributed by atoms with van der Waals surface area (Å²) in [6, 6.07) is 3.90. The Morgan fingerprint density at radius 2 is 2.21 bits per heavy atom. The minimum atomic E-state index is 0.0231. The molecule has 0 radical (unpaired) electrons. The normalized spacial score (nSPS) is 18.5. The number of rotatable bonds is 4. The predicted octanol–water partition coefficient (Wildman–Crippen LogP) is 1.91. The Bertz CT molecular complexity index is 485. The molecular weight excluding hydrogens is 238 g/mol. The molecule has 0 N–H and O–H groups in total. The highest BCUT2D eigenvalue weighted by Gasteiger charge is 2.29. The minimum Gasteiger partial charge on any atom is -0.357 e. The lowest BCUT2D eigenvalue weighted by molar-refractivity contribution is -0.117. The molecule has 1 amide bonds. The molecule has 0 aromatic carbocycles. The van der Waals surface area contributed by atoms with E-state index in [4.69, 9.17) is 6.42 Å². The number of anilines is 2. The van der Waals surface area contributed by atoms with Gasteiger partial charge in [-0.1, -0.05) is 0 Å². The van der Waals surface area contributed by atoms with Crippen molar-refractivity contribution < 1.29 is 4.79 Å². The molecule has 0 saturated carbocycles. The maximum Gasteiger partial charge on any atom is 0.228 e. The highest BCUT2D eigenvalue weighted by molar-refractivity contribution is 5.96. The van der Waals surface area contributed by atoms with Gasteiger partial charge in [0, 0.05) is 32.0 Å². The summed E-state index contributed by atoms with van der Waals surface area (Å²) in [5.41, 5.74) is 0.832. The van der Waals surface area contributed by atoms with E-state index in [2.05, 4.69) is 29.7 Å². The number of terminal acetylenes is 1. The van der Waals surface area contributed by atoms with Crippen molar-refractivity contribution in [2.75, 3.05) is 29.4 Å². The number of carbonyl (C=O) groups is 1. The smallest absolute Gasteiger partial charge is 0.228 e. The van der Waals surface area contributed by atoms with Crippen molar-refractivity contribution in [3.63, 3.8) is 0 Å². The van der Waals surface area contributed by atoms with Gasteiger partial charge in [0.25, 0.3) is 0 Å². The van der Waals surface area contributed by atoms with Crippen LogP contribution in [0, 0.1) is 18.3 Å². The Balaban J connectivity index is 2.15. The van der Waals surface area contributed by atoms with Crippen LogP contribution < -0.4 is 9.80 Å². The maximum absolute atomic E-state index is 11.9. The third-order valence-electron chi connectivity index (χ3n) is 3.49. The molecule has 0 bridgehead atoms. The predicted molar refractivity (Wildman–Crippen MR) is 77.1 cm³/mol. The number of pyridine rings is 1. The first kappa shape index (κ1) is 13.4. The first-order chi connectivity index (χ1) is 9.19. The maximum atomic E-state index is 11.9. The van der Waals surface area contributed by atoms with Gasteiger partial charge in [-0.25, -0.2) is 4.98 Å². The van der Waals surface area contributed by atoms with Crippen LogP contribution in [0.2, 0.25) is 0 Å². The number of hydrogen-bond acceptors (Lipinski definition) is 3. The first-order valence-electron chi connectivity index (χ1n) is 6.67. The van der Waals surface area contributed by atoms with Gasteiger partial charge in [-0.2, -0.15) is 0 Å². The third kappa shape index (κ3) is 2.70. The van der Waals surface area contributed by atoms with Crippen molar-refractivity contribution in [2.24, 2.45) is 5.92 Å². The molecule has 0 aliphatic carbocycles. The van der Waals surface area contributed by atoms with E-state index in [1.807, 2.05) is 12.1 Å². The lowest BCUT2D eigenvalue weighted by atomic mass is 10.1. The first-order valence-corrected chi connectivity index (χ1v) is 6.67. The second-order valence-electron chi connectivity index (χ2n) is 4.62. The number of amides is 1. The monoisotopic (exact) mass is 257 g/mol. The Hall–Kier alpha value is -2.02. The van der Waals surface area contributed by atoms with E-state index in [0.29, 0.717) is 13.0 Å². The van der Waals surface area contributed by atoms with Crippen molar-refractivity contribution >= 4 is 17.4 Å². The summed E-state index contributed by atoms with van der Waals surface area (Å²) >= 11 is 0. The van der Waals surface area contributed by atoms with E-state index >= 15 is 0 Å². The van der Waals surface area contributed by atoms with Gasteiger partial charge in [-0.05, 0) is 26.0 Å². The molecule has 2 heterocycles. The van der Waals surface area contributed by atoms with E-state index in [0.717, 1.165) is 24.6 Å². The fraction of sp³-hybridized carbons (Fsp3) is 0.467. The fourth-order valence-corrected chi connectivity index (χ4v) is 2.34. The number of carbonyl (C=O) groups excluding carboxylic acids is 1. The molecule has 2 rings (SSSR count). The molecule has 19 heavy (non-hydrogen) atoms. The highest BCUT2D eigenvalue weighted by Crippen LogP contribution is 2.25. The molecule has 4 nitrogen and oxygen atoms in total. The van der Waals surface area contributed by atoms with Crippen molar-refractivity contribution in [1.82, 2.24) is 4.98 Å². The average Bonchev–Trinajstić information content (AvgIpc) is 2.82. The van der Waals surface area contributed by atoms with Gasteiger partial charge in [-0.15, -0.1) is 12.3 Å². The average molecular weight is 257 g/mol. The summed E-state index contributed by atoms with van der Waals surface area (Å²) in [6.07, 6.45) is 7.58. The molecule has 1 saturated heterocycles. The summed E-state index contributed by atoms with van der Waals surface area (Å²) in [4.78, 5) is 20.2. The molecule has 0 spiro atoms. The number of hydrogen-bond donors (Lipinski definition) is 0. The van der Waals surface area contributed by atoms with Gasteiger partial charge in [-0.3, -0.25) is 4.79 Å². The zero-order valence-corrected chi connectivity index (χ0v) is 11.5. The molecule has 1 aliphatic heterocycles. The van der Waals surface area contributed by atoms with Crippen molar-refractivity contribution in [1.29, 1.82) is 0 Å². The number of nitrogens with zero attached hydrogens (tertiary/aromatic N) is 3. The Labute approximate surface area is 114 Å². The van der Waals surface area contributed by atoms with E-state index in [9.17, 15) is 4.79 Å². The molecule has 1 atom stereocenters. The second kappa shape index (κ2) is 5.75. The standard InChI is InChI=1S/C15H19N3O/c1-4-12-9-15(19)18(11-12)13-7-8-14(16-10-13)17(5-2)6-3/h1,7-8,10,12H,5-6,9,11H2,2-3H3. The molecule has 4 heteroatoms. The molecule has 1 unspecified atom stereocenters. The summed E-state index contributed by atoms with van der Waals surface area (Å²) < 4.78 is 0. The van der Waals surface area contributed by atoms with Crippen LogP contribution in [0.15, 0.2) is 18.3 Å². The van der Waals surface area contributed by atoms with E-state index in [-0.39, 0.29) is 11.8 Å². The van der Waals surface area contributed by atoms with Crippen molar-refractivity contribution in [2.45, 2.75) is 20.3 Å². The number of aromatic nitrogens is 1. The second-order valence-corrected chi connectivity index (χ2v) is 4.62. The molecule has 1 fully saturated rings. The van der Waals surface area contributed by atoms with Crippen LogP contribution >= 0.6 is 0 Å². The lowest BCUT2D eigenvalue weighted by Gasteiger charge is -2.21. The van der Waals surface area contributed by atoms with Gasteiger partial charge in [0.1, 0.15) is 5.82 Å². The Morgan fingerprint density at radius 3 is 2.68 bits per heavy atom. The Kier molecular flexibility index (Phi) is 4.06. The summed E-state index contributed by atoms with van der Waals surface area (Å²) in [5.74, 6) is 3.70. The van der Waals surface area contributed by atoms with Crippen LogP contribution in [0.25, 0.3) is 0 Å². The van der Waals surface area contributed by atoms with Crippen LogP contribution in [0.5, 0.6) is 0 Å². The summed E-state index contributed by atoms with van der Waals surface area (Å²) in [5, 5.41) is 0.